The zero-order chi connectivity index (χ0) is 14.1. The minimum atomic E-state index is -0.991. The van der Waals surface area contributed by atoms with Crippen molar-refractivity contribution in [2.75, 3.05) is 0 Å². The lowest BCUT2D eigenvalue weighted by Crippen LogP contribution is -1.95. The predicted octanol–water partition coefficient (Wildman–Crippen LogP) is 4.29. The van der Waals surface area contributed by atoms with Crippen LogP contribution in [0, 0.1) is 0 Å². The number of nitrogens with zero attached hydrogens (tertiary/aromatic N) is 2. The SMILES string of the molecule is O=C(O)c1sc(-c2ncc(Cl)s2)nc1-c1ccccc1. The van der Waals surface area contributed by atoms with E-state index in [1.54, 1.807) is 0 Å². The van der Waals surface area contributed by atoms with Gasteiger partial charge in [-0.25, -0.2) is 14.8 Å². The molecule has 0 aliphatic heterocycles. The molecular formula is C13H7ClN2O2S2. The molecule has 7 heteroatoms. The lowest BCUT2D eigenvalue weighted by Gasteiger charge is -1.97. The van der Waals surface area contributed by atoms with Crippen LogP contribution in [0.3, 0.4) is 0 Å². The molecule has 0 unspecified atom stereocenters. The van der Waals surface area contributed by atoms with Gasteiger partial charge in [-0.15, -0.1) is 11.3 Å². The number of hydrogen-bond acceptors (Lipinski definition) is 5. The molecule has 0 fully saturated rings. The monoisotopic (exact) mass is 322 g/mol. The smallest absolute Gasteiger partial charge is 0.348 e. The third kappa shape index (κ3) is 2.45. The van der Waals surface area contributed by atoms with Gasteiger partial charge in [0.05, 0.1) is 11.9 Å². The molecule has 100 valence electrons. The van der Waals surface area contributed by atoms with Crippen LogP contribution < -0.4 is 0 Å². The van der Waals surface area contributed by atoms with Crippen LogP contribution in [-0.2, 0) is 0 Å². The van der Waals surface area contributed by atoms with Crippen LogP contribution in [-0.4, -0.2) is 21.0 Å². The second kappa shape index (κ2) is 5.32. The summed E-state index contributed by atoms with van der Waals surface area (Å²) in [6, 6.07) is 9.23. The molecule has 1 N–H and O–H groups in total. The summed E-state index contributed by atoms with van der Waals surface area (Å²) in [6.45, 7) is 0. The standard InChI is InChI=1S/C13H7ClN2O2S2/c14-8-6-15-11(19-8)12-16-9(10(20-12)13(17)18)7-4-2-1-3-5-7/h1-6H,(H,17,18). The number of thiazole rings is 2. The molecule has 0 saturated carbocycles. The zero-order valence-corrected chi connectivity index (χ0v) is 12.3. The third-order valence-corrected chi connectivity index (χ3v) is 4.83. The predicted molar refractivity (Wildman–Crippen MR) is 80.6 cm³/mol. The Morgan fingerprint density at radius 1 is 1.15 bits per heavy atom. The number of hydrogen-bond donors (Lipinski definition) is 1. The van der Waals surface area contributed by atoms with Crippen LogP contribution >= 0.6 is 34.3 Å². The summed E-state index contributed by atoms with van der Waals surface area (Å²) in [6.07, 6.45) is 1.53. The van der Waals surface area contributed by atoms with Crippen LogP contribution in [0.5, 0.6) is 0 Å². The van der Waals surface area contributed by atoms with Gasteiger partial charge in [-0.3, -0.25) is 0 Å². The van der Waals surface area contributed by atoms with Gasteiger partial charge in [0.1, 0.15) is 9.21 Å². The summed E-state index contributed by atoms with van der Waals surface area (Å²) in [5.41, 5.74) is 1.24. The maximum atomic E-state index is 11.4. The van der Waals surface area contributed by atoms with Crippen molar-refractivity contribution in [3.8, 4) is 21.3 Å². The fourth-order valence-electron chi connectivity index (χ4n) is 1.70. The highest BCUT2D eigenvalue weighted by atomic mass is 35.5. The van der Waals surface area contributed by atoms with Gasteiger partial charge in [-0.05, 0) is 0 Å². The number of carboxylic acid groups (broad SMARTS) is 1. The van der Waals surface area contributed by atoms with E-state index in [0.29, 0.717) is 20.0 Å². The first-order chi connectivity index (χ1) is 9.65. The van der Waals surface area contributed by atoms with Crippen molar-refractivity contribution in [3.05, 3.63) is 45.7 Å². The molecule has 20 heavy (non-hydrogen) atoms. The first-order valence-corrected chi connectivity index (χ1v) is 7.57. The average Bonchev–Trinajstić information content (AvgIpc) is 3.05. The van der Waals surface area contributed by atoms with Gasteiger partial charge in [0.15, 0.2) is 10.0 Å². The van der Waals surface area contributed by atoms with Crippen LogP contribution in [0.2, 0.25) is 4.34 Å². The first-order valence-electron chi connectivity index (χ1n) is 5.56. The van der Waals surface area contributed by atoms with Crippen molar-refractivity contribution in [3.63, 3.8) is 0 Å². The van der Waals surface area contributed by atoms with Gasteiger partial charge in [0.2, 0.25) is 0 Å². The summed E-state index contributed by atoms with van der Waals surface area (Å²) in [7, 11) is 0. The number of carbonyl (C=O) groups is 1. The highest BCUT2D eigenvalue weighted by molar-refractivity contribution is 7.24. The van der Waals surface area contributed by atoms with Gasteiger partial charge in [-0.2, -0.15) is 0 Å². The Morgan fingerprint density at radius 3 is 2.50 bits per heavy atom. The van der Waals surface area contributed by atoms with Gasteiger partial charge in [0.25, 0.3) is 0 Å². The van der Waals surface area contributed by atoms with Gasteiger partial charge in [-0.1, -0.05) is 53.3 Å². The number of aromatic nitrogens is 2. The molecule has 0 bridgehead atoms. The van der Waals surface area contributed by atoms with E-state index in [1.807, 2.05) is 30.3 Å². The van der Waals surface area contributed by atoms with E-state index in [0.717, 1.165) is 16.9 Å². The Kier molecular flexibility index (Phi) is 3.52. The van der Waals surface area contributed by atoms with Crippen molar-refractivity contribution >= 4 is 40.2 Å². The maximum absolute atomic E-state index is 11.4. The molecule has 0 saturated heterocycles. The Labute approximate surface area is 127 Å². The van der Waals surface area contributed by atoms with E-state index in [4.69, 9.17) is 11.6 Å². The van der Waals surface area contributed by atoms with Crippen LogP contribution in [0.15, 0.2) is 36.5 Å². The molecule has 0 atom stereocenters. The minimum absolute atomic E-state index is 0.206. The highest BCUT2D eigenvalue weighted by Crippen LogP contribution is 2.36. The lowest BCUT2D eigenvalue weighted by molar-refractivity contribution is 0.0702. The molecule has 2 aromatic heterocycles. The summed E-state index contributed by atoms with van der Waals surface area (Å²) in [5, 5.41) is 10.5. The Bertz CT molecular complexity index is 768. The Morgan fingerprint density at radius 2 is 1.90 bits per heavy atom. The van der Waals surface area contributed by atoms with Gasteiger partial charge < -0.3 is 5.11 Å². The minimum Gasteiger partial charge on any atom is -0.477 e. The molecule has 0 radical (unpaired) electrons. The van der Waals surface area contributed by atoms with E-state index in [2.05, 4.69) is 9.97 Å². The van der Waals surface area contributed by atoms with Crippen LogP contribution in [0.1, 0.15) is 9.67 Å². The first kappa shape index (κ1) is 13.2. The maximum Gasteiger partial charge on any atom is 0.348 e. The lowest BCUT2D eigenvalue weighted by atomic mass is 10.1. The Hall–Kier alpha value is -1.76. The highest BCUT2D eigenvalue weighted by Gasteiger charge is 2.20. The van der Waals surface area contributed by atoms with Crippen molar-refractivity contribution in [1.29, 1.82) is 0 Å². The van der Waals surface area contributed by atoms with E-state index in [1.165, 1.54) is 17.5 Å². The van der Waals surface area contributed by atoms with Gasteiger partial charge >= 0.3 is 5.97 Å². The number of halogens is 1. The zero-order valence-electron chi connectivity index (χ0n) is 9.91. The van der Waals surface area contributed by atoms with E-state index < -0.39 is 5.97 Å². The fourth-order valence-corrected chi connectivity index (χ4v) is 3.57. The summed E-state index contributed by atoms with van der Waals surface area (Å²) in [5.74, 6) is -0.991. The number of carboxylic acids is 1. The fraction of sp³-hybridized carbons (Fsp3) is 0. The average molecular weight is 323 g/mol. The van der Waals surface area contributed by atoms with Crippen LogP contribution in [0.4, 0.5) is 0 Å². The number of rotatable bonds is 3. The molecule has 3 rings (SSSR count). The van der Waals surface area contributed by atoms with Crippen molar-refractivity contribution in [2.45, 2.75) is 0 Å². The molecular weight excluding hydrogens is 316 g/mol. The van der Waals surface area contributed by atoms with E-state index >= 15 is 0 Å². The summed E-state index contributed by atoms with van der Waals surface area (Å²) < 4.78 is 0.549. The molecule has 3 aromatic rings. The van der Waals surface area contributed by atoms with Crippen molar-refractivity contribution in [2.24, 2.45) is 0 Å². The van der Waals surface area contributed by atoms with Gasteiger partial charge in [0, 0.05) is 5.56 Å². The van der Waals surface area contributed by atoms with E-state index in [9.17, 15) is 9.90 Å². The Balaban J connectivity index is 2.15. The topological polar surface area (TPSA) is 63.1 Å². The second-order valence-corrected chi connectivity index (χ2v) is 6.50. The number of benzene rings is 1. The van der Waals surface area contributed by atoms with Crippen molar-refractivity contribution < 1.29 is 9.90 Å². The van der Waals surface area contributed by atoms with E-state index in [-0.39, 0.29) is 4.88 Å². The normalized spacial score (nSPS) is 10.7. The molecule has 0 spiro atoms. The van der Waals surface area contributed by atoms with Crippen LogP contribution in [0.25, 0.3) is 21.3 Å². The summed E-state index contributed by atoms with van der Waals surface area (Å²) in [4.78, 5) is 20.1. The molecule has 0 aliphatic rings. The molecule has 2 heterocycles. The summed E-state index contributed by atoms with van der Waals surface area (Å²) >= 11 is 8.24. The quantitative estimate of drug-likeness (QED) is 0.781. The molecule has 4 nitrogen and oxygen atoms in total. The molecule has 0 amide bonds. The largest absolute Gasteiger partial charge is 0.477 e. The number of aromatic carboxylic acids is 1. The third-order valence-electron chi connectivity index (χ3n) is 2.53. The molecule has 1 aromatic carbocycles. The molecule has 0 aliphatic carbocycles. The second-order valence-electron chi connectivity index (χ2n) is 3.84. The van der Waals surface area contributed by atoms with Crippen molar-refractivity contribution in [1.82, 2.24) is 9.97 Å².